The van der Waals surface area contributed by atoms with Gasteiger partial charge in [0.1, 0.15) is 5.82 Å². The Balaban J connectivity index is 2.26. The van der Waals surface area contributed by atoms with Gasteiger partial charge in [-0.15, -0.1) is 0 Å². The SMILES string of the molecule is Cc1nn(C)c(CC(CBr)c2ccc(F)cc2)c1Br. The summed E-state index contributed by atoms with van der Waals surface area (Å²) in [6.07, 6.45) is 0.856. The molecule has 2 nitrogen and oxygen atoms in total. The first-order valence-corrected chi connectivity index (χ1v) is 7.93. The molecule has 19 heavy (non-hydrogen) atoms. The second-order valence-corrected chi connectivity index (χ2v) is 6.02. The second-order valence-electron chi connectivity index (χ2n) is 4.58. The van der Waals surface area contributed by atoms with Crippen molar-refractivity contribution < 1.29 is 4.39 Å². The number of hydrogen-bond donors (Lipinski definition) is 0. The first-order chi connectivity index (χ1) is 9.02. The molecular weight excluding hydrogens is 375 g/mol. The average Bonchev–Trinajstić information content (AvgIpc) is 2.63. The number of aryl methyl sites for hydroxylation is 2. The van der Waals surface area contributed by atoms with Crippen molar-refractivity contribution in [2.45, 2.75) is 19.3 Å². The van der Waals surface area contributed by atoms with Crippen molar-refractivity contribution in [1.29, 1.82) is 0 Å². The highest BCUT2D eigenvalue weighted by Crippen LogP contribution is 2.28. The van der Waals surface area contributed by atoms with Crippen LogP contribution < -0.4 is 0 Å². The highest BCUT2D eigenvalue weighted by atomic mass is 79.9. The minimum Gasteiger partial charge on any atom is -0.271 e. The van der Waals surface area contributed by atoms with E-state index in [0.717, 1.165) is 33.2 Å². The lowest BCUT2D eigenvalue weighted by molar-refractivity contribution is 0.623. The average molecular weight is 390 g/mol. The van der Waals surface area contributed by atoms with Crippen LogP contribution in [-0.4, -0.2) is 15.1 Å². The van der Waals surface area contributed by atoms with Crippen molar-refractivity contribution in [2.75, 3.05) is 5.33 Å². The van der Waals surface area contributed by atoms with Gasteiger partial charge in [0.2, 0.25) is 0 Å². The Morgan fingerprint density at radius 3 is 2.42 bits per heavy atom. The number of alkyl halides is 1. The van der Waals surface area contributed by atoms with Crippen LogP contribution in [0, 0.1) is 12.7 Å². The van der Waals surface area contributed by atoms with Gasteiger partial charge in [0, 0.05) is 12.4 Å². The van der Waals surface area contributed by atoms with Crippen molar-refractivity contribution in [3.63, 3.8) is 0 Å². The summed E-state index contributed by atoms with van der Waals surface area (Å²) in [5.74, 6) is 0.0985. The Morgan fingerprint density at radius 2 is 1.95 bits per heavy atom. The van der Waals surface area contributed by atoms with Crippen LogP contribution in [0.3, 0.4) is 0 Å². The molecule has 0 saturated carbocycles. The third kappa shape index (κ3) is 3.26. The zero-order valence-electron chi connectivity index (χ0n) is 10.8. The van der Waals surface area contributed by atoms with Gasteiger partial charge >= 0.3 is 0 Å². The molecule has 0 spiro atoms. The van der Waals surface area contributed by atoms with E-state index in [4.69, 9.17) is 0 Å². The van der Waals surface area contributed by atoms with Crippen LogP contribution in [0.5, 0.6) is 0 Å². The molecule has 1 heterocycles. The van der Waals surface area contributed by atoms with Crippen molar-refractivity contribution in [3.8, 4) is 0 Å². The standard InChI is InChI=1S/C14H15Br2FN2/c1-9-14(16)13(19(2)18-9)7-11(8-15)10-3-5-12(17)6-4-10/h3-6,11H,7-8H2,1-2H3. The predicted octanol–water partition coefficient (Wildman–Crippen LogP) is 4.35. The van der Waals surface area contributed by atoms with E-state index in [1.165, 1.54) is 12.1 Å². The summed E-state index contributed by atoms with van der Waals surface area (Å²) in [4.78, 5) is 0. The molecular formula is C14H15Br2FN2. The van der Waals surface area contributed by atoms with E-state index in [9.17, 15) is 4.39 Å². The molecule has 2 aromatic rings. The summed E-state index contributed by atoms with van der Waals surface area (Å²) >= 11 is 7.13. The van der Waals surface area contributed by atoms with E-state index >= 15 is 0 Å². The normalized spacial score (nSPS) is 12.7. The number of hydrogen-bond acceptors (Lipinski definition) is 1. The number of nitrogens with zero attached hydrogens (tertiary/aromatic N) is 2. The summed E-state index contributed by atoms with van der Waals surface area (Å²) < 4.78 is 15.9. The minimum atomic E-state index is -0.199. The lowest BCUT2D eigenvalue weighted by atomic mass is 9.96. The van der Waals surface area contributed by atoms with E-state index in [1.54, 1.807) is 0 Å². The Labute approximate surface area is 129 Å². The molecule has 5 heteroatoms. The van der Waals surface area contributed by atoms with Crippen molar-refractivity contribution in [2.24, 2.45) is 7.05 Å². The van der Waals surface area contributed by atoms with Crippen LogP contribution in [0.15, 0.2) is 28.7 Å². The fourth-order valence-electron chi connectivity index (χ4n) is 2.13. The van der Waals surface area contributed by atoms with Crippen LogP contribution in [0.1, 0.15) is 22.9 Å². The quantitative estimate of drug-likeness (QED) is 0.710. The van der Waals surface area contributed by atoms with Crippen LogP contribution >= 0.6 is 31.9 Å². The second kappa shape index (κ2) is 6.18. The molecule has 1 atom stereocenters. The maximum atomic E-state index is 13.0. The third-order valence-electron chi connectivity index (χ3n) is 3.23. The highest BCUT2D eigenvalue weighted by Gasteiger charge is 2.17. The van der Waals surface area contributed by atoms with Gasteiger partial charge in [-0.2, -0.15) is 5.10 Å². The number of benzene rings is 1. The van der Waals surface area contributed by atoms with Crippen LogP contribution in [-0.2, 0) is 13.5 Å². The molecule has 1 aromatic carbocycles. The fourth-order valence-corrected chi connectivity index (χ4v) is 3.23. The van der Waals surface area contributed by atoms with E-state index in [1.807, 2.05) is 30.8 Å². The molecule has 1 aromatic heterocycles. The summed E-state index contributed by atoms with van der Waals surface area (Å²) in [5.41, 5.74) is 3.28. The summed E-state index contributed by atoms with van der Waals surface area (Å²) in [7, 11) is 1.95. The first-order valence-electron chi connectivity index (χ1n) is 6.02. The molecule has 1 unspecified atom stereocenters. The van der Waals surface area contributed by atoms with Gasteiger partial charge in [0.15, 0.2) is 0 Å². The number of halogens is 3. The highest BCUT2D eigenvalue weighted by molar-refractivity contribution is 9.10. The Morgan fingerprint density at radius 1 is 1.32 bits per heavy atom. The molecule has 102 valence electrons. The van der Waals surface area contributed by atoms with Gasteiger partial charge < -0.3 is 0 Å². The number of rotatable bonds is 4. The molecule has 0 saturated heterocycles. The van der Waals surface area contributed by atoms with E-state index in [-0.39, 0.29) is 5.82 Å². The molecule has 0 N–H and O–H groups in total. The Kier molecular flexibility index (Phi) is 4.79. The molecule has 0 aliphatic carbocycles. The summed E-state index contributed by atoms with van der Waals surface area (Å²) in [5, 5.41) is 5.23. The zero-order chi connectivity index (χ0) is 14.0. The van der Waals surface area contributed by atoms with Crippen LogP contribution in [0.2, 0.25) is 0 Å². The third-order valence-corrected chi connectivity index (χ3v) is 5.04. The molecule has 0 aliphatic heterocycles. The summed E-state index contributed by atoms with van der Waals surface area (Å²) in [6, 6.07) is 6.71. The first kappa shape index (κ1) is 14.7. The van der Waals surface area contributed by atoms with Crippen molar-refractivity contribution >= 4 is 31.9 Å². The lowest BCUT2D eigenvalue weighted by Crippen LogP contribution is -2.09. The van der Waals surface area contributed by atoms with Gasteiger partial charge in [-0.1, -0.05) is 28.1 Å². The maximum absolute atomic E-state index is 13.0. The van der Waals surface area contributed by atoms with Crippen LogP contribution in [0.4, 0.5) is 4.39 Å². The molecule has 0 bridgehead atoms. The molecule has 2 rings (SSSR count). The fraction of sp³-hybridized carbons (Fsp3) is 0.357. The van der Waals surface area contributed by atoms with Crippen molar-refractivity contribution in [3.05, 3.63) is 51.5 Å². The van der Waals surface area contributed by atoms with Gasteiger partial charge in [0.05, 0.1) is 15.9 Å². The maximum Gasteiger partial charge on any atom is 0.123 e. The smallest absolute Gasteiger partial charge is 0.123 e. The molecule has 0 fully saturated rings. The van der Waals surface area contributed by atoms with Gasteiger partial charge in [-0.25, -0.2) is 4.39 Å². The minimum absolute atomic E-state index is 0.199. The molecule has 0 radical (unpaired) electrons. The van der Waals surface area contributed by atoms with E-state index in [2.05, 4.69) is 37.0 Å². The topological polar surface area (TPSA) is 17.8 Å². The van der Waals surface area contributed by atoms with E-state index < -0.39 is 0 Å². The largest absolute Gasteiger partial charge is 0.271 e. The lowest BCUT2D eigenvalue weighted by Gasteiger charge is -2.15. The Bertz CT molecular complexity index is 564. The summed E-state index contributed by atoms with van der Waals surface area (Å²) in [6.45, 7) is 1.98. The number of aromatic nitrogens is 2. The van der Waals surface area contributed by atoms with Gasteiger partial charge in [-0.3, -0.25) is 4.68 Å². The van der Waals surface area contributed by atoms with Crippen molar-refractivity contribution in [1.82, 2.24) is 9.78 Å². The molecule has 0 amide bonds. The Hall–Kier alpha value is -0.680. The van der Waals surface area contributed by atoms with E-state index in [0.29, 0.717) is 5.92 Å². The monoisotopic (exact) mass is 388 g/mol. The molecule has 0 aliphatic rings. The van der Waals surface area contributed by atoms with Gasteiger partial charge in [0.25, 0.3) is 0 Å². The van der Waals surface area contributed by atoms with Crippen LogP contribution in [0.25, 0.3) is 0 Å². The zero-order valence-corrected chi connectivity index (χ0v) is 14.0. The predicted molar refractivity (Wildman–Crippen MR) is 82.3 cm³/mol. The van der Waals surface area contributed by atoms with Gasteiger partial charge in [-0.05, 0) is 52.9 Å².